The van der Waals surface area contributed by atoms with Gasteiger partial charge in [-0.05, 0) is 60.8 Å². The topological polar surface area (TPSA) is 123 Å². The molecule has 12 heteroatoms. The molecule has 0 radical (unpaired) electrons. The van der Waals surface area contributed by atoms with Crippen LogP contribution in [0.3, 0.4) is 0 Å². The van der Waals surface area contributed by atoms with Crippen LogP contribution < -0.4 is 14.8 Å². The number of nitrogens with zero attached hydrogens (tertiary/aromatic N) is 2. The number of rotatable bonds is 8. The summed E-state index contributed by atoms with van der Waals surface area (Å²) in [5.41, 5.74) is 2.99. The van der Waals surface area contributed by atoms with Gasteiger partial charge in [-0.15, -0.1) is 11.3 Å². The van der Waals surface area contributed by atoms with Crippen molar-refractivity contribution < 1.29 is 26.8 Å². The lowest BCUT2D eigenvalue weighted by atomic mass is 9.98. The molecule has 0 spiro atoms. The highest BCUT2D eigenvalue weighted by molar-refractivity contribution is 7.92. The molecule has 218 valence electrons. The van der Waals surface area contributed by atoms with Gasteiger partial charge >= 0.3 is 0 Å². The highest BCUT2D eigenvalue weighted by atomic mass is 32.2. The van der Waals surface area contributed by atoms with E-state index in [4.69, 9.17) is 9.15 Å². The number of amides is 1. The largest absolute Gasteiger partial charge is 0.481 e. The van der Waals surface area contributed by atoms with Crippen molar-refractivity contribution >= 4 is 54.0 Å². The molecule has 2 aromatic carbocycles. The first-order chi connectivity index (χ1) is 20.7. The van der Waals surface area contributed by atoms with Crippen molar-refractivity contribution in [1.82, 2.24) is 15.3 Å². The second-order valence-corrected chi connectivity index (χ2v) is 12.7. The summed E-state index contributed by atoms with van der Waals surface area (Å²) < 4.78 is 54.6. The molecule has 1 amide bonds. The van der Waals surface area contributed by atoms with Crippen LogP contribution in [0.2, 0.25) is 0 Å². The molecule has 0 aliphatic rings. The summed E-state index contributed by atoms with van der Waals surface area (Å²) in [5.74, 6) is -0.387. The fraction of sp³-hybridized carbons (Fsp3) is 0.129. The van der Waals surface area contributed by atoms with Gasteiger partial charge in [0, 0.05) is 58.7 Å². The van der Waals surface area contributed by atoms with Crippen LogP contribution in [0.5, 0.6) is 5.88 Å². The number of halogens is 1. The Labute approximate surface area is 250 Å². The van der Waals surface area contributed by atoms with Gasteiger partial charge in [-0.3, -0.25) is 14.5 Å². The van der Waals surface area contributed by atoms with Crippen molar-refractivity contribution in [3.8, 4) is 38.8 Å². The minimum absolute atomic E-state index is 0.158. The second kappa shape index (κ2) is 11.1. The fourth-order valence-corrected chi connectivity index (χ4v) is 6.50. The van der Waals surface area contributed by atoms with E-state index in [1.807, 2.05) is 18.2 Å². The maximum atomic E-state index is 13.7. The molecule has 6 aromatic rings. The Bertz CT molecular complexity index is 2090. The van der Waals surface area contributed by atoms with Crippen LogP contribution in [0.1, 0.15) is 17.3 Å². The second-order valence-electron chi connectivity index (χ2n) is 9.60. The number of sulfonamides is 1. The number of carbonyl (C=O) groups excluding carboxylic acids is 1. The van der Waals surface area contributed by atoms with Crippen LogP contribution >= 0.6 is 11.3 Å². The number of ether oxygens (including phenoxy) is 1. The normalized spacial score (nSPS) is 11.6. The van der Waals surface area contributed by atoms with Gasteiger partial charge in [0.2, 0.25) is 15.9 Å². The van der Waals surface area contributed by atoms with Gasteiger partial charge in [0.1, 0.15) is 17.2 Å². The molecule has 0 aliphatic carbocycles. The number of benzene rings is 2. The van der Waals surface area contributed by atoms with Gasteiger partial charge in [-0.2, -0.15) is 0 Å². The molecule has 0 saturated heterocycles. The number of fused-ring (bicyclic) bond motifs is 2. The Hall–Kier alpha value is -4.81. The third-order valence-electron chi connectivity index (χ3n) is 6.98. The minimum atomic E-state index is -3.71. The van der Waals surface area contributed by atoms with E-state index in [1.165, 1.54) is 56.7 Å². The molecule has 4 aromatic heterocycles. The molecular weight excluding hydrogens is 591 g/mol. The number of anilines is 1. The Balaban J connectivity index is 1.61. The Morgan fingerprint density at radius 1 is 1.05 bits per heavy atom. The monoisotopic (exact) mass is 616 g/mol. The predicted octanol–water partition coefficient (Wildman–Crippen LogP) is 6.71. The first-order valence-electron chi connectivity index (χ1n) is 13.2. The van der Waals surface area contributed by atoms with Crippen LogP contribution in [-0.2, 0) is 10.0 Å². The molecule has 0 unspecified atom stereocenters. The first-order valence-corrected chi connectivity index (χ1v) is 15.7. The molecule has 0 fully saturated rings. The highest BCUT2D eigenvalue weighted by Gasteiger charge is 2.25. The lowest BCUT2D eigenvalue weighted by molar-refractivity contribution is 0.0964. The third-order valence-corrected chi connectivity index (χ3v) is 9.39. The Kier molecular flexibility index (Phi) is 7.32. The lowest BCUT2D eigenvalue weighted by Gasteiger charge is -2.14. The van der Waals surface area contributed by atoms with E-state index in [1.54, 1.807) is 30.7 Å². The zero-order chi connectivity index (χ0) is 30.3. The summed E-state index contributed by atoms with van der Waals surface area (Å²) in [7, 11) is -0.674. The van der Waals surface area contributed by atoms with Crippen molar-refractivity contribution in [2.24, 2.45) is 0 Å². The van der Waals surface area contributed by atoms with Crippen molar-refractivity contribution in [2.45, 2.75) is 6.92 Å². The first kappa shape index (κ1) is 28.3. The van der Waals surface area contributed by atoms with Crippen LogP contribution in [0.25, 0.3) is 53.9 Å². The Morgan fingerprint density at radius 3 is 2.53 bits per heavy atom. The third kappa shape index (κ3) is 5.30. The van der Waals surface area contributed by atoms with Gasteiger partial charge in [0.05, 0.1) is 34.4 Å². The van der Waals surface area contributed by atoms with E-state index in [2.05, 4.69) is 20.0 Å². The van der Waals surface area contributed by atoms with Crippen LogP contribution in [-0.4, -0.2) is 44.2 Å². The van der Waals surface area contributed by atoms with Gasteiger partial charge in [-0.25, -0.2) is 17.8 Å². The summed E-state index contributed by atoms with van der Waals surface area (Å²) in [6.07, 6.45) is 5.10. The summed E-state index contributed by atoms with van der Waals surface area (Å²) >= 11 is 1.53. The zero-order valence-corrected chi connectivity index (χ0v) is 24.9. The number of pyridine rings is 2. The van der Waals surface area contributed by atoms with Crippen molar-refractivity contribution in [2.75, 3.05) is 24.6 Å². The average molecular weight is 617 g/mol. The van der Waals surface area contributed by atoms with E-state index in [0.717, 1.165) is 15.0 Å². The number of nitrogens with one attached hydrogen (secondary N) is 2. The molecular formula is C31H25FN4O5S2. The summed E-state index contributed by atoms with van der Waals surface area (Å²) in [5, 5.41) is 4.10. The molecule has 4 heterocycles. The fourth-order valence-electron chi connectivity index (χ4n) is 4.82. The number of aromatic nitrogens is 2. The van der Waals surface area contributed by atoms with E-state index >= 15 is 0 Å². The zero-order valence-electron chi connectivity index (χ0n) is 23.3. The maximum absolute atomic E-state index is 13.7. The summed E-state index contributed by atoms with van der Waals surface area (Å²) in [6.45, 7) is 1.53. The lowest BCUT2D eigenvalue weighted by Crippen LogP contribution is -2.18. The molecule has 43 heavy (non-hydrogen) atoms. The van der Waals surface area contributed by atoms with E-state index in [0.29, 0.717) is 33.5 Å². The van der Waals surface area contributed by atoms with E-state index < -0.39 is 21.7 Å². The van der Waals surface area contributed by atoms with Gasteiger partial charge in [0.15, 0.2) is 0 Å². The van der Waals surface area contributed by atoms with Gasteiger partial charge in [-0.1, -0.05) is 0 Å². The molecule has 0 atom stereocenters. The average Bonchev–Trinajstić information content (AvgIpc) is 3.62. The minimum Gasteiger partial charge on any atom is -0.481 e. The van der Waals surface area contributed by atoms with Crippen molar-refractivity contribution in [1.29, 1.82) is 0 Å². The molecule has 2 N–H and O–H groups in total. The molecule has 0 aliphatic heterocycles. The van der Waals surface area contributed by atoms with E-state index in [9.17, 15) is 17.6 Å². The number of furan rings is 1. The van der Waals surface area contributed by atoms with Gasteiger partial charge < -0.3 is 14.5 Å². The molecule has 6 rings (SSSR count). The smallest absolute Gasteiger partial charge is 0.255 e. The molecule has 0 bridgehead atoms. The van der Waals surface area contributed by atoms with E-state index in [-0.39, 0.29) is 28.3 Å². The summed E-state index contributed by atoms with van der Waals surface area (Å²) in [6, 6.07) is 14.6. The standard InChI is InChI=1S/C31H25FN4O5S2/c1-4-43(38,39)36-24-14-25-22(28(30(37)33-2)29(41-25)17-5-7-20(32)8-6-17)13-21(24)19-11-23(31(40-3)35-15-19)26-12-18-9-10-34-16-27(18)42-26/h5-16,36H,4H2,1-3H3,(H,33,37). The number of methoxy groups -OCH3 is 1. The SMILES string of the molecule is CCS(=O)(=O)Nc1cc2oc(-c3ccc(F)cc3)c(C(=O)NC)c2cc1-c1cnc(OC)c(-c2cc3ccncc3s2)c1. The molecule has 9 nitrogen and oxygen atoms in total. The van der Waals surface area contributed by atoms with Crippen molar-refractivity contribution in [3.63, 3.8) is 0 Å². The van der Waals surface area contributed by atoms with Crippen molar-refractivity contribution in [3.05, 3.63) is 84.6 Å². The molecule has 0 saturated carbocycles. The predicted molar refractivity (Wildman–Crippen MR) is 166 cm³/mol. The van der Waals surface area contributed by atoms with Crippen LogP contribution in [0, 0.1) is 5.82 Å². The van der Waals surface area contributed by atoms with Crippen LogP contribution in [0.4, 0.5) is 10.1 Å². The van der Waals surface area contributed by atoms with Crippen LogP contribution in [0.15, 0.2) is 77.6 Å². The summed E-state index contributed by atoms with van der Waals surface area (Å²) in [4.78, 5) is 22.8. The number of hydrogen-bond donors (Lipinski definition) is 2. The Morgan fingerprint density at radius 2 is 1.84 bits per heavy atom. The number of hydrogen-bond acceptors (Lipinski definition) is 8. The number of carbonyl (C=O) groups is 1. The van der Waals surface area contributed by atoms with Gasteiger partial charge in [0.25, 0.3) is 5.91 Å². The maximum Gasteiger partial charge on any atom is 0.255 e. The number of thiophene rings is 1. The quantitative estimate of drug-likeness (QED) is 0.195. The highest BCUT2D eigenvalue weighted by Crippen LogP contribution is 2.43.